The van der Waals surface area contributed by atoms with Crippen LogP contribution < -0.4 is 5.43 Å². The second-order valence-electron chi connectivity index (χ2n) is 4.35. The minimum Gasteiger partial charge on any atom is -0.267 e. The Balaban J connectivity index is 2.08. The Morgan fingerprint density at radius 1 is 1.10 bits per heavy atom. The van der Waals surface area contributed by atoms with E-state index >= 15 is 0 Å². The first-order valence-electron chi connectivity index (χ1n) is 6.02. The van der Waals surface area contributed by atoms with Gasteiger partial charge in [0.2, 0.25) is 0 Å². The van der Waals surface area contributed by atoms with E-state index in [1.807, 2.05) is 6.92 Å². The van der Waals surface area contributed by atoms with Gasteiger partial charge in [0.05, 0.1) is 21.8 Å². The van der Waals surface area contributed by atoms with Gasteiger partial charge >= 0.3 is 0 Å². The molecule has 0 bridgehead atoms. The number of hydrazone groups is 1. The van der Waals surface area contributed by atoms with Crippen LogP contribution in [0, 0.1) is 6.92 Å². The van der Waals surface area contributed by atoms with E-state index in [-0.39, 0.29) is 5.91 Å². The smallest absolute Gasteiger partial charge is 0.267 e. The number of nitrogens with one attached hydrogen (secondary N) is 1. The lowest BCUT2D eigenvalue weighted by atomic mass is 10.1. The summed E-state index contributed by atoms with van der Waals surface area (Å²) in [7, 11) is 0. The quantitative estimate of drug-likeness (QED) is 0.637. The molecule has 0 aliphatic rings. The number of hydrogen-bond donors (Lipinski definition) is 1. The van der Waals surface area contributed by atoms with Crippen LogP contribution in [0.3, 0.4) is 0 Å². The van der Waals surface area contributed by atoms with Crippen LogP contribution >= 0.6 is 34.8 Å². The van der Waals surface area contributed by atoms with E-state index in [0.29, 0.717) is 26.2 Å². The van der Waals surface area contributed by atoms with E-state index in [1.54, 1.807) is 36.4 Å². The van der Waals surface area contributed by atoms with Gasteiger partial charge in [-0.25, -0.2) is 5.43 Å². The maximum Gasteiger partial charge on any atom is 0.272 e. The Labute approximate surface area is 137 Å². The summed E-state index contributed by atoms with van der Waals surface area (Å²) < 4.78 is 0. The molecule has 0 unspecified atom stereocenters. The second-order valence-corrected chi connectivity index (χ2v) is 5.60. The molecule has 0 saturated heterocycles. The fourth-order valence-electron chi connectivity index (χ4n) is 1.63. The van der Waals surface area contributed by atoms with Gasteiger partial charge in [0.1, 0.15) is 0 Å². The predicted octanol–water partition coefficient (Wildman–Crippen LogP) is 4.72. The summed E-state index contributed by atoms with van der Waals surface area (Å²) in [5.41, 5.74) is 4.40. The van der Waals surface area contributed by atoms with Crippen LogP contribution in [0.1, 0.15) is 21.5 Å². The number of amides is 1. The zero-order chi connectivity index (χ0) is 15.4. The van der Waals surface area contributed by atoms with Crippen LogP contribution in [0.2, 0.25) is 15.1 Å². The number of rotatable bonds is 3. The monoisotopic (exact) mass is 340 g/mol. The Hall–Kier alpha value is -1.55. The van der Waals surface area contributed by atoms with E-state index < -0.39 is 0 Å². The molecule has 0 heterocycles. The molecule has 2 aromatic rings. The van der Waals surface area contributed by atoms with E-state index in [0.717, 1.165) is 5.56 Å². The molecule has 1 amide bonds. The van der Waals surface area contributed by atoms with Crippen LogP contribution in [-0.4, -0.2) is 12.1 Å². The lowest BCUT2D eigenvalue weighted by molar-refractivity contribution is 0.0955. The summed E-state index contributed by atoms with van der Waals surface area (Å²) in [5, 5.41) is 5.23. The summed E-state index contributed by atoms with van der Waals surface area (Å²) >= 11 is 17.8. The Kier molecular flexibility index (Phi) is 5.23. The minimum absolute atomic E-state index is 0.363. The molecule has 0 aliphatic carbocycles. The van der Waals surface area contributed by atoms with Crippen molar-refractivity contribution in [1.82, 2.24) is 5.43 Å². The molecule has 0 fully saturated rings. The second kappa shape index (κ2) is 6.94. The standard InChI is InChI=1S/C15H11Cl3N2O/c1-9-2-5-12(14(18)6-9)15(21)20-19-8-10-3-4-11(16)7-13(10)17/h2-8H,1H3,(H,20,21)/b19-8+. The Morgan fingerprint density at radius 2 is 1.86 bits per heavy atom. The third-order valence-electron chi connectivity index (χ3n) is 2.70. The highest BCUT2D eigenvalue weighted by molar-refractivity contribution is 6.36. The van der Waals surface area contributed by atoms with Crippen molar-refractivity contribution in [1.29, 1.82) is 0 Å². The average molecular weight is 342 g/mol. The van der Waals surface area contributed by atoms with Gasteiger partial charge in [0.15, 0.2) is 0 Å². The normalized spacial score (nSPS) is 10.9. The number of halogens is 3. The lowest BCUT2D eigenvalue weighted by Gasteiger charge is -2.03. The van der Waals surface area contributed by atoms with Gasteiger partial charge in [-0.15, -0.1) is 0 Å². The zero-order valence-electron chi connectivity index (χ0n) is 11.0. The van der Waals surface area contributed by atoms with Gasteiger partial charge in [0, 0.05) is 10.6 Å². The first kappa shape index (κ1) is 15.8. The predicted molar refractivity (Wildman–Crippen MR) is 87.7 cm³/mol. The summed E-state index contributed by atoms with van der Waals surface area (Å²) in [6.45, 7) is 1.90. The first-order chi connectivity index (χ1) is 9.97. The zero-order valence-corrected chi connectivity index (χ0v) is 13.3. The van der Waals surface area contributed by atoms with Crippen molar-refractivity contribution >= 4 is 46.9 Å². The van der Waals surface area contributed by atoms with E-state index in [2.05, 4.69) is 10.5 Å². The van der Waals surface area contributed by atoms with Gasteiger partial charge in [-0.1, -0.05) is 46.9 Å². The first-order valence-corrected chi connectivity index (χ1v) is 7.15. The molecule has 0 radical (unpaired) electrons. The molecule has 0 aliphatic heterocycles. The van der Waals surface area contributed by atoms with Crippen LogP contribution in [0.5, 0.6) is 0 Å². The third-order valence-corrected chi connectivity index (χ3v) is 3.58. The van der Waals surface area contributed by atoms with E-state index in [1.165, 1.54) is 6.21 Å². The molecule has 21 heavy (non-hydrogen) atoms. The summed E-state index contributed by atoms with van der Waals surface area (Å²) in [5.74, 6) is -0.388. The average Bonchev–Trinajstić information content (AvgIpc) is 2.41. The molecule has 3 nitrogen and oxygen atoms in total. The summed E-state index contributed by atoms with van der Waals surface area (Å²) in [4.78, 5) is 11.9. The number of hydrogen-bond acceptors (Lipinski definition) is 2. The van der Waals surface area contributed by atoms with Gasteiger partial charge in [-0.3, -0.25) is 4.79 Å². The van der Waals surface area contributed by atoms with Crippen molar-refractivity contribution in [2.75, 3.05) is 0 Å². The molecule has 0 saturated carbocycles. The number of carbonyl (C=O) groups is 1. The molecule has 108 valence electrons. The van der Waals surface area contributed by atoms with Crippen LogP contribution in [0.25, 0.3) is 0 Å². The molecular weight excluding hydrogens is 331 g/mol. The lowest BCUT2D eigenvalue weighted by Crippen LogP contribution is -2.18. The van der Waals surface area contributed by atoms with E-state index in [9.17, 15) is 4.79 Å². The van der Waals surface area contributed by atoms with Gasteiger partial charge in [-0.05, 0) is 36.8 Å². The maximum absolute atomic E-state index is 11.9. The van der Waals surface area contributed by atoms with Crippen molar-refractivity contribution in [2.24, 2.45) is 5.10 Å². The van der Waals surface area contributed by atoms with Crippen molar-refractivity contribution in [3.05, 3.63) is 68.2 Å². The highest BCUT2D eigenvalue weighted by Crippen LogP contribution is 2.19. The van der Waals surface area contributed by atoms with E-state index in [4.69, 9.17) is 34.8 Å². The van der Waals surface area contributed by atoms with Crippen molar-refractivity contribution in [3.63, 3.8) is 0 Å². The maximum atomic E-state index is 11.9. The highest BCUT2D eigenvalue weighted by Gasteiger charge is 2.09. The fourth-order valence-corrected chi connectivity index (χ4v) is 2.41. The summed E-state index contributed by atoms with van der Waals surface area (Å²) in [6.07, 6.45) is 1.44. The molecule has 2 aromatic carbocycles. The van der Waals surface area contributed by atoms with Crippen LogP contribution in [0.4, 0.5) is 0 Å². The number of benzene rings is 2. The molecule has 0 aromatic heterocycles. The van der Waals surface area contributed by atoms with Crippen molar-refractivity contribution in [3.8, 4) is 0 Å². The SMILES string of the molecule is Cc1ccc(C(=O)N/N=C/c2ccc(Cl)cc2Cl)c(Cl)c1. The number of nitrogens with zero attached hydrogens (tertiary/aromatic N) is 1. The van der Waals surface area contributed by atoms with Crippen molar-refractivity contribution in [2.45, 2.75) is 6.92 Å². The topological polar surface area (TPSA) is 41.5 Å². The summed E-state index contributed by atoms with van der Waals surface area (Å²) in [6, 6.07) is 10.2. The molecule has 6 heteroatoms. The fraction of sp³-hybridized carbons (Fsp3) is 0.0667. The molecular formula is C15H11Cl3N2O. The van der Waals surface area contributed by atoms with Crippen LogP contribution in [-0.2, 0) is 0 Å². The number of aryl methyl sites for hydroxylation is 1. The molecule has 2 rings (SSSR count). The van der Waals surface area contributed by atoms with Gasteiger partial charge in [0.25, 0.3) is 5.91 Å². The molecule has 1 N–H and O–H groups in total. The molecule has 0 spiro atoms. The van der Waals surface area contributed by atoms with Crippen molar-refractivity contribution < 1.29 is 4.79 Å². The van der Waals surface area contributed by atoms with Gasteiger partial charge in [-0.2, -0.15) is 5.10 Å². The highest BCUT2D eigenvalue weighted by atomic mass is 35.5. The Morgan fingerprint density at radius 3 is 2.52 bits per heavy atom. The van der Waals surface area contributed by atoms with Gasteiger partial charge < -0.3 is 0 Å². The molecule has 0 atom stereocenters. The minimum atomic E-state index is -0.388. The number of carbonyl (C=O) groups excluding carboxylic acids is 1. The third kappa shape index (κ3) is 4.21. The van der Waals surface area contributed by atoms with Crippen LogP contribution in [0.15, 0.2) is 41.5 Å². The Bertz CT molecular complexity index is 714. The largest absolute Gasteiger partial charge is 0.272 e.